The maximum absolute atomic E-state index is 12.6. The Labute approximate surface area is 118 Å². The summed E-state index contributed by atoms with van der Waals surface area (Å²) in [5, 5.41) is 4.23. The van der Waals surface area contributed by atoms with Crippen molar-refractivity contribution in [2.75, 3.05) is 0 Å². The number of nitrogens with two attached hydrogens (primary N) is 2. The van der Waals surface area contributed by atoms with Crippen molar-refractivity contribution in [3.8, 4) is 0 Å². The molecule has 2 atom stereocenters. The number of rotatable bonds is 4. The van der Waals surface area contributed by atoms with Crippen molar-refractivity contribution in [3.05, 3.63) is 0 Å². The lowest BCUT2D eigenvalue weighted by Crippen LogP contribution is -2.56. The van der Waals surface area contributed by atoms with Gasteiger partial charge in [0.25, 0.3) is 0 Å². The van der Waals surface area contributed by atoms with E-state index in [1.807, 2.05) is 5.32 Å². The van der Waals surface area contributed by atoms with Crippen LogP contribution < -0.4 is 22.1 Å². The second-order valence-electron chi connectivity index (χ2n) is 4.96. The van der Waals surface area contributed by atoms with E-state index in [0.717, 1.165) is 0 Å². The highest BCUT2D eigenvalue weighted by atomic mass is 19.4. The maximum Gasteiger partial charge on any atom is 0.391 e. The molecule has 1 aliphatic carbocycles. The fourth-order valence-electron chi connectivity index (χ4n) is 2.26. The Morgan fingerprint density at radius 3 is 2.14 bits per heavy atom. The van der Waals surface area contributed by atoms with Gasteiger partial charge >= 0.3 is 12.2 Å². The molecule has 0 spiro atoms. The lowest BCUT2D eigenvalue weighted by atomic mass is 9.85. The number of halogens is 3. The fourth-order valence-corrected chi connectivity index (χ4v) is 2.26. The quantitative estimate of drug-likeness (QED) is 0.534. The molecule has 0 aliphatic heterocycles. The Morgan fingerprint density at radius 2 is 1.67 bits per heavy atom. The molecule has 6 N–H and O–H groups in total. The van der Waals surface area contributed by atoms with E-state index >= 15 is 0 Å². The molecule has 1 saturated carbocycles. The summed E-state index contributed by atoms with van der Waals surface area (Å²) < 4.78 is 37.9. The van der Waals surface area contributed by atoms with Gasteiger partial charge in [-0.15, -0.1) is 0 Å². The van der Waals surface area contributed by atoms with Gasteiger partial charge in [0, 0.05) is 6.04 Å². The van der Waals surface area contributed by atoms with Crippen LogP contribution in [0.3, 0.4) is 0 Å². The Hall–Kier alpha value is -2.00. The highest BCUT2D eigenvalue weighted by Gasteiger charge is 2.42. The van der Waals surface area contributed by atoms with E-state index in [1.165, 1.54) is 0 Å². The van der Waals surface area contributed by atoms with Crippen molar-refractivity contribution in [2.24, 2.45) is 17.4 Å². The summed E-state index contributed by atoms with van der Waals surface area (Å²) in [6.07, 6.45) is -3.81. The SMILES string of the molecule is NC(=O)C(NC(=O)N[C@@H]1CCC[C@@H](C(F)(F)F)C1)C(N)=O. The van der Waals surface area contributed by atoms with Gasteiger partial charge in [0.1, 0.15) is 0 Å². The molecule has 0 aromatic heterocycles. The van der Waals surface area contributed by atoms with Gasteiger partial charge in [-0.3, -0.25) is 9.59 Å². The first-order valence-electron chi connectivity index (χ1n) is 6.33. The molecule has 21 heavy (non-hydrogen) atoms. The van der Waals surface area contributed by atoms with Crippen LogP contribution in [0.1, 0.15) is 25.7 Å². The number of urea groups is 1. The van der Waals surface area contributed by atoms with Crippen LogP contribution in [-0.2, 0) is 9.59 Å². The van der Waals surface area contributed by atoms with E-state index in [9.17, 15) is 27.6 Å². The smallest absolute Gasteiger partial charge is 0.367 e. The van der Waals surface area contributed by atoms with Crippen LogP contribution in [0.5, 0.6) is 0 Å². The van der Waals surface area contributed by atoms with Gasteiger partial charge in [-0.2, -0.15) is 13.2 Å². The number of hydrogen-bond acceptors (Lipinski definition) is 3. The van der Waals surface area contributed by atoms with Gasteiger partial charge in [-0.25, -0.2) is 4.79 Å². The molecule has 0 unspecified atom stereocenters. The molecule has 10 heteroatoms. The second kappa shape index (κ2) is 6.64. The Balaban J connectivity index is 2.54. The van der Waals surface area contributed by atoms with E-state index in [4.69, 9.17) is 11.5 Å². The fraction of sp³-hybridized carbons (Fsp3) is 0.727. The minimum atomic E-state index is -4.31. The van der Waals surface area contributed by atoms with Crippen LogP contribution in [0.15, 0.2) is 0 Å². The lowest BCUT2D eigenvalue weighted by molar-refractivity contribution is -0.183. The molecule has 120 valence electrons. The predicted octanol–water partition coefficient (Wildman–Crippen LogP) is -0.254. The molecule has 0 aromatic rings. The Bertz CT molecular complexity index is 413. The molecule has 0 saturated heterocycles. The van der Waals surface area contributed by atoms with E-state index in [-0.39, 0.29) is 12.8 Å². The van der Waals surface area contributed by atoms with Crippen LogP contribution in [0, 0.1) is 5.92 Å². The van der Waals surface area contributed by atoms with E-state index in [2.05, 4.69) is 5.32 Å². The van der Waals surface area contributed by atoms with Crippen molar-refractivity contribution in [3.63, 3.8) is 0 Å². The summed E-state index contributed by atoms with van der Waals surface area (Å²) in [6, 6.07) is -3.34. The third kappa shape index (κ3) is 5.12. The van der Waals surface area contributed by atoms with E-state index in [0.29, 0.717) is 12.8 Å². The molecule has 0 aromatic carbocycles. The normalized spacial score (nSPS) is 22.7. The predicted molar refractivity (Wildman–Crippen MR) is 65.6 cm³/mol. The van der Waals surface area contributed by atoms with Crippen molar-refractivity contribution in [1.29, 1.82) is 0 Å². The molecule has 0 heterocycles. The topological polar surface area (TPSA) is 127 Å². The zero-order chi connectivity index (χ0) is 16.2. The summed E-state index contributed by atoms with van der Waals surface area (Å²) in [5.41, 5.74) is 9.73. The van der Waals surface area contributed by atoms with Crippen LogP contribution in [0.2, 0.25) is 0 Å². The number of hydrogen-bond donors (Lipinski definition) is 4. The van der Waals surface area contributed by atoms with Gasteiger partial charge in [0.2, 0.25) is 11.8 Å². The molecular weight excluding hydrogens is 293 g/mol. The number of carbonyl (C=O) groups is 3. The summed E-state index contributed by atoms with van der Waals surface area (Å²) in [7, 11) is 0. The van der Waals surface area contributed by atoms with Crippen molar-refractivity contribution < 1.29 is 27.6 Å². The summed E-state index contributed by atoms with van der Waals surface area (Å²) in [4.78, 5) is 33.3. The average molecular weight is 310 g/mol. The molecule has 1 fully saturated rings. The van der Waals surface area contributed by atoms with E-state index in [1.54, 1.807) is 0 Å². The summed E-state index contributed by atoms with van der Waals surface area (Å²) in [5.74, 6) is -3.76. The first kappa shape index (κ1) is 17.1. The highest BCUT2D eigenvalue weighted by molar-refractivity contribution is 6.05. The standard InChI is InChI=1S/C11H17F3N4O3/c12-11(13,14)5-2-1-3-6(4-5)17-10(21)18-7(8(15)19)9(16)20/h5-7H,1-4H2,(H2,15,19)(H2,16,20)(H2,17,18,21)/t5-,6-/m1/s1. The monoisotopic (exact) mass is 310 g/mol. The van der Waals surface area contributed by atoms with Gasteiger partial charge in [-0.1, -0.05) is 6.42 Å². The van der Waals surface area contributed by atoms with Gasteiger partial charge < -0.3 is 22.1 Å². The summed E-state index contributed by atoms with van der Waals surface area (Å²) in [6.45, 7) is 0. The Kier molecular flexibility index (Phi) is 5.39. The third-order valence-corrected chi connectivity index (χ3v) is 3.32. The molecule has 0 bridgehead atoms. The number of carbonyl (C=O) groups excluding carboxylic acids is 3. The lowest BCUT2D eigenvalue weighted by Gasteiger charge is -2.31. The minimum Gasteiger partial charge on any atom is -0.367 e. The largest absolute Gasteiger partial charge is 0.391 e. The average Bonchev–Trinajstić information content (AvgIpc) is 2.34. The van der Waals surface area contributed by atoms with Gasteiger partial charge in [0.15, 0.2) is 6.04 Å². The zero-order valence-corrected chi connectivity index (χ0v) is 11.1. The van der Waals surface area contributed by atoms with Crippen molar-refractivity contribution in [2.45, 2.75) is 43.9 Å². The summed E-state index contributed by atoms with van der Waals surface area (Å²) >= 11 is 0. The van der Waals surface area contributed by atoms with Crippen molar-refractivity contribution >= 4 is 17.8 Å². The molecule has 0 radical (unpaired) electrons. The molecule has 1 aliphatic rings. The zero-order valence-electron chi connectivity index (χ0n) is 11.1. The number of amides is 4. The second-order valence-corrected chi connectivity index (χ2v) is 4.96. The van der Waals surface area contributed by atoms with Gasteiger partial charge in [0.05, 0.1) is 5.92 Å². The van der Waals surface area contributed by atoms with Crippen LogP contribution >= 0.6 is 0 Å². The number of primary amides is 2. The minimum absolute atomic E-state index is 0.0223. The van der Waals surface area contributed by atoms with Crippen LogP contribution in [0.4, 0.5) is 18.0 Å². The maximum atomic E-state index is 12.6. The van der Waals surface area contributed by atoms with E-state index < -0.39 is 42.0 Å². The molecule has 4 amide bonds. The highest BCUT2D eigenvalue weighted by Crippen LogP contribution is 2.37. The number of nitrogens with one attached hydrogen (secondary N) is 2. The number of alkyl halides is 3. The first-order valence-corrected chi connectivity index (χ1v) is 6.33. The van der Waals surface area contributed by atoms with Crippen LogP contribution in [0.25, 0.3) is 0 Å². The molecular formula is C11H17F3N4O3. The van der Waals surface area contributed by atoms with Gasteiger partial charge in [-0.05, 0) is 19.3 Å². The Morgan fingerprint density at radius 1 is 1.10 bits per heavy atom. The molecule has 7 nitrogen and oxygen atoms in total. The first-order chi connectivity index (χ1) is 9.61. The van der Waals surface area contributed by atoms with Crippen LogP contribution in [-0.4, -0.2) is 36.1 Å². The molecule has 1 rings (SSSR count). The third-order valence-electron chi connectivity index (χ3n) is 3.32. The van der Waals surface area contributed by atoms with Crippen molar-refractivity contribution in [1.82, 2.24) is 10.6 Å².